The molecule has 1 aliphatic rings. The van der Waals surface area contributed by atoms with Crippen LogP contribution in [0.4, 0.5) is 0 Å². The Morgan fingerprint density at radius 1 is 1.10 bits per heavy atom. The van der Waals surface area contributed by atoms with E-state index < -0.39 is 0 Å². The van der Waals surface area contributed by atoms with Gasteiger partial charge in [0.1, 0.15) is 5.75 Å². The fourth-order valence-corrected chi connectivity index (χ4v) is 3.81. The molecule has 1 aliphatic carbocycles. The van der Waals surface area contributed by atoms with Crippen LogP contribution >= 0.6 is 0 Å². The summed E-state index contributed by atoms with van der Waals surface area (Å²) in [7, 11) is 0. The summed E-state index contributed by atoms with van der Waals surface area (Å²) >= 11 is 0. The number of para-hydroxylation sites is 1. The minimum absolute atomic E-state index is 0.359. The lowest BCUT2D eigenvalue weighted by Crippen LogP contribution is -2.26. The van der Waals surface area contributed by atoms with Crippen LogP contribution in [0.3, 0.4) is 0 Å². The Bertz CT molecular complexity index is 464. The van der Waals surface area contributed by atoms with Crippen LogP contribution in [0.25, 0.3) is 0 Å². The van der Waals surface area contributed by atoms with E-state index in [4.69, 9.17) is 4.74 Å². The summed E-state index contributed by atoms with van der Waals surface area (Å²) in [5.74, 6) is 1.67. The minimum Gasteiger partial charge on any atom is -0.494 e. The highest BCUT2D eigenvalue weighted by Gasteiger charge is 2.67. The van der Waals surface area contributed by atoms with Gasteiger partial charge in [-0.25, -0.2) is 0 Å². The minimum atomic E-state index is 0.359. The van der Waals surface area contributed by atoms with E-state index in [1.54, 1.807) is 0 Å². The summed E-state index contributed by atoms with van der Waals surface area (Å²) in [6.45, 7) is 15.6. The zero-order valence-electron chi connectivity index (χ0n) is 14.5. The summed E-state index contributed by atoms with van der Waals surface area (Å²) in [6, 6.07) is 8.89. The molecule has 2 rings (SSSR count). The first-order chi connectivity index (χ1) is 9.87. The first-order valence-corrected chi connectivity index (χ1v) is 8.33. The zero-order valence-corrected chi connectivity index (χ0v) is 14.5. The first-order valence-electron chi connectivity index (χ1n) is 8.33. The van der Waals surface area contributed by atoms with Crippen molar-refractivity contribution in [1.29, 1.82) is 0 Å². The fraction of sp³-hybridized carbons (Fsp3) is 0.684. The zero-order chi connectivity index (χ0) is 15.7. The largest absolute Gasteiger partial charge is 0.494 e. The van der Waals surface area contributed by atoms with E-state index in [9.17, 15) is 0 Å². The van der Waals surface area contributed by atoms with Gasteiger partial charge < -0.3 is 10.1 Å². The smallest absolute Gasteiger partial charge is 0.124 e. The molecule has 1 atom stereocenters. The number of hydrogen-bond acceptors (Lipinski definition) is 2. The Kier molecular flexibility index (Phi) is 4.67. The lowest BCUT2D eigenvalue weighted by Gasteiger charge is -2.24. The molecule has 0 aliphatic heterocycles. The Hall–Kier alpha value is -1.02. The summed E-state index contributed by atoms with van der Waals surface area (Å²) in [5, 5.41) is 3.78. The van der Waals surface area contributed by atoms with Gasteiger partial charge in [-0.15, -0.1) is 0 Å². The van der Waals surface area contributed by atoms with Crippen molar-refractivity contribution < 1.29 is 4.74 Å². The molecule has 0 bridgehead atoms. The van der Waals surface area contributed by atoms with Crippen molar-refractivity contribution in [3.05, 3.63) is 29.8 Å². The number of hydrogen-bond donors (Lipinski definition) is 1. The quantitative estimate of drug-likeness (QED) is 0.778. The SMILES string of the molecule is CCCNC(c1ccccc1OCC)C1C(C)(C)C1(C)C. The number of ether oxygens (including phenoxy) is 1. The Morgan fingerprint density at radius 2 is 1.71 bits per heavy atom. The second-order valence-electron chi connectivity index (χ2n) is 7.32. The van der Waals surface area contributed by atoms with Gasteiger partial charge in [-0.05, 0) is 42.7 Å². The maximum Gasteiger partial charge on any atom is 0.124 e. The van der Waals surface area contributed by atoms with Crippen LogP contribution in [0.5, 0.6) is 5.75 Å². The van der Waals surface area contributed by atoms with E-state index >= 15 is 0 Å². The average Bonchev–Trinajstić information content (AvgIpc) is 2.84. The van der Waals surface area contributed by atoms with Gasteiger partial charge in [-0.1, -0.05) is 52.8 Å². The molecule has 2 nitrogen and oxygen atoms in total. The molecule has 118 valence electrons. The van der Waals surface area contributed by atoms with Crippen molar-refractivity contribution in [2.45, 2.75) is 54.0 Å². The maximum absolute atomic E-state index is 5.87. The molecular formula is C19H31NO. The molecule has 2 heteroatoms. The van der Waals surface area contributed by atoms with Crippen LogP contribution in [0.2, 0.25) is 0 Å². The van der Waals surface area contributed by atoms with E-state index in [0.717, 1.165) is 25.3 Å². The standard InChI is InChI=1S/C19H31NO/c1-7-13-20-16(17-18(3,4)19(17,5)6)14-11-9-10-12-15(14)21-8-2/h9-12,16-17,20H,7-8,13H2,1-6H3. The molecule has 1 aromatic rings. The lowest BCUT2D eigenvalue weighted by atomic mass is 9.95. The average molecular weight is 289 g/mol. The van der Waals surface area contributed by atoms with Gasteiger partial charge in [0, 0.05) is 11.6 Å². The molecule has 0 saturated heterocycles. The van der Waals surface area contributed by atoms with E-state index in [-0.39, 0.29) is 0 Å². The molecule has 1 fully saturated rings. The number of benzene rings is 1. The number of rotatable bonds is 7. The van der Waals surface area contributed by atoms with Crippen molar-refractivity contribution in [2.24, 2.45) is 16.7 Å². The fourth-order valence-electron chi connectivity index (χ4n) is 3.81. The van der Waals surface area contributed by atoms with Crippen LogP contribution in [0.1, 0.15) is 59.6 Å². The molecular weight excluding hydrogens is 258 g/mol. The lowest BCUT2D eigenvalue weighted by molar-refractivity contribution is 0.322. The summed E-state index contributed by atoms with van der Waals surface area (Å²) < 4.78 is 5.87. The van der Waals surface area contributed by atoms with Crippen molar-refractivity contribution >= 4 is 0 Å². The topological polar surface area (TPSA) is 21.3 Å². The normalized spacial score (nSPS) is 21.0. The molecule has 0 amide bonds. The van der Waals surface area contributed by atoms with E-state index in [1.807, 2.05) is 0 Å². The monoisotopic (exact) mass is 289 g/mol. The summed E-state index contributed by atoms with van der Waals surface area (Å²) in [5.41, 5.74) is 2.03. The maximum atomic E-state index is 5.87. The van der Waals surface area contributed by atoms with Crippen LogP contribution in [0.15, 0.2) is 24.3 Å². The van der Waals surface area contributed by atoms with Gasteiger partial charge in [0.05, 0.1) is 6.61 Å². The predicted octanol–water partition coefficient (Wildman–Crippen LogP) is 4.81. The van der Waals surface area contributed by atoms with Crippen molar-refractivity contribution in [1.82, 2.24) is 5.32 Å². The first kappa shape index (κ1) is 16.4. The third-order valence-electron chi connectivity index (χ3n) is 5.63. The Balaban J connectivity index is 2.34. The molecule has 1 unspecified atom stereocenters. The third-order valence-corrected chi connectivity index (χ3v) is 5.63. The van der Waals surface area contributed by atoms with Gasteiger partial charge in [0.15, 0.2) is 0 Å². The van der Waals surface area contributed by atoms with Crippen LogP contribution in [-0.4, -0.2) is 13.2 Å². The molecule has 0 radical (unpaired) electrons. The van der Waals surface area contributed by atoms with Crippen LogP contribution < -0.4 is 10.1 Å². The summed E-state index contributed by atoms with van der Waals surface area (Å²) in [6.07, 6.45) is 1.15. The third kappa shape index (κ3) is 2.83. The van der Waals surface area contributed by atoms with Crippen molar-refractivity contribution in [3.8, 4) is 5.75 Å². The van der Waals surface area contributed by atoms with E-state index in [1.165, 1.54) is 5.56 Å². The molecule has 1 N–H and O–H groups in total. The van der Waals surface area contributed by atoms with Gasteiger partial charge in [0.2, 0.25) is 0 Å². The Morgan fingerprint density at radius 3 is 2.24 bits per heavy atom. The second kappa shape index (κ2) is 6.00. The molecule has 21 heavy (non-hydrogen) atoms. The molecule has 1 aromatic carbocycles. The molecule has 0 heterocycles. The van der Waals surface area contributed by atoms with Gasteiger partial charge >= 0.3 is 0 Å². The molecule has 1 saturated carbocycles. The Labute approximate surface area is 130 Å². The van der Waals surface area contributed by atoms with E-state index in [2.05, 4.69) is 71.1 Å². The highest BCUT2D eigenvalue weighted by Crippen LogP contribution is 2.72. The van der Waals surface area contributed by atoms with Crippen molar-refractivity contribution in [2.75, 3.05) is 13.2 Å². The highest BCUT2D eigenvalue weighted by molar-refractivity contribution is 5.39. The highest BCUT2D eigenvalue weighted by atomic mass is 16.5. The summed E-state index contributed by atoms with van der Waals surface area (Å²) in [4.78, 5) is 0. The second-order valence-corrected chi connectivity index (χ2v) is 7.32. The molecule has 0 aromatic heterocycles. The van der Waals surface area contributed by atoms with Gasteiger partial charge in [-0.2, -0.15) is 0 Å². The predicted molar refractivity (Wildman–Crippen MR) is 89.7 cm³/mol. The van der Waals surface area contributed by atoms with Gasteiger partial charge in [0.25, 0.3) is 0 Å². The van der Waals surface area contributed by atoms with Crippen molar-refractivity contribution in [3.63, 3.8) is 0 Å². The van der Waals surface area contributed by atoms with E-state index in [0.29, 0.717) is 22.8 Å². The molecule has 0 spiro atoms. The van der Waals surface area contributed by atoms with Gasteiger partial charge in [-0.3, -0.25) is 0 Å². The number of nitrogens with one attached hydrogen (secondary N) is 1. The van der Waals surface area contributed by atoms with Crippen LogP contribution in [-0.2, 0) is 0 Å². The van der Waals surface area contributed by atoms with Crippen LogP contribution in [0, 0.1) is 16.7 Å².